The molecule has 3 aromatic rings. The maximum atomic E-state index is 12.8. The van der Waals surface area contributed by atoms with E-state index in [0.29, 0.717) is 22.6 Å². The summed E-state index contributed by atoms with van der Waals surface area (Å²) in [4.78, 5) is 12.9. The molecule has 0 bridgehead atoms. The second-order valence-electron chi connectivity index (χ2n) is 6.92. The van der Waals surface area contributed by atoms with E-state index in [0.717, 1.165) is 5.56 Å². The molecule has 1 N–H and O–H groups in total. The van der Waals surface area contributed by atoms with E-state index < -0.39 is 10.0 Å². The number of amides is 1. The summed E-state index contributed by atoms with van der Waals surface area (Å²) in [6.45, 7) is 2.04. The molecule has 0 saturated heterocycles. The van der Waals surface area contributed by atoms with Crippen LogP contribution in [0.4, 0.5) is 5.69 Å². The quantitative estimate of drug-likeness (QED) is 0.620. The van der Waals surface area contributed by atoms with Gasteiger partial charge in [-0.15, -0.1) is 0 Å². The third-order valence-electron chi connectivity index (χ3n) is 4.70. The summed E-state index contributed by atoms with van der Waals surface area (Å²) in [6.07, 6.45) is 0. The van der Waals surface area contributed by atoms with Gasteiger partial charge < -0.3 is 10.1 Å². The van der Waals surface area contributed by atoms with Crippen molar-refractivity contribution in [3.8, 4) is 5.75 Å². The standard InChI is InChI=1S/C23H24N2O4S/c1-17-9-12-20(13-10-17)24-23(26)18-11-14-22(29-3)19(15-18)16-25(2)30(27,28)21-7-5-4-6-8-21/h4-15H,16H2,1-3H3,(H,24,26). The van der Waals surface area contributed by atoms with E-state index in [-0.39, 0.29) is 17.3 Å². The molecule has 0 heterocycles. The largest absolute Gasteiger partial charge is 0.496 e. The van der Waals surface area contributed by atoms with Gasteiger partial charge in [-0.25, -0.2) is 8.42 Å². The molecule has 0 aliphatic carbocycles. The van der Waals surface area contributed by atoms with Crippen LogP contribution in [0.3, 0.4) is 0 Å². The molecular weight excluding hydrogens is 400 g/mol. The van der Waals surface area contributed by atoms with Crippen molar-refractivity contribution in [1.29, 1.82) is 0 Å². The summed E-state index contributed by atoms with van der Waals surface area (Å²) >= 11 is 0. The Labute approximate surface area is 177 Å². The highest BCUT2D eigenvalue weighted by Crippen LogP contribution is 2.25. The van der Waals surface area contributed by atoms with Crippen molar-refractivity contribution in [2.24, 2.45) is 0 Å². The van der Waals surface area contributed by atoms with Crippen molar-refractivity contribution in [2.75, 3.05) is 19.5 Å². The number of rotatable bonds is 7. The first-order valence-corrected chi connectivity index (χ1v) is 10.8. The summed E-state index contributed by atoms with van der Waals surface area (Å²) in [5.74, 6) is 0.230. The van der Waals surface area contributed by atoms with Crippen molar-refractivity contribution in [3.63, 3.8) is 0 Å². The Hall–Kier alpha value is -3.16. The minimum atomic E-state index is -3.67. The predicted octanol–water partition coefficient (Wildman–Crippen LogP) is 4.08. The molecule has 0 fully saturated rings. The second-order valence-corrected chi connectivity index (χ2v) is 8.97. The minimum absolute atomic E-state index is 0.0616. The molecule has 30 heavy (non-hydrogen) atoms. The molecule has 0 aliphatic rings. The number of hydrogen-bond donors (Lipinski definition) is 1. The van der Waals surface area contributed by atoms with Gasteiger partial charge in [0.05, 0.1) is 12.0 Å². The van der Waals surface area contributed by atoms with Gasteiger partial charge in [0, 0.05) is 30.4 Å². The Kier molecular flexibility index (Phi) is 6.54. The van der Waals surface area contributed by atoms with Crippen molar-refractivity contribution >= 4 is 21.6 Å². The number of nitrogens with zero attached hydrogens (tertiary/aromatic N) is 1. The molecule has 3 aromatic carbocycles. The number of carbonyl (C=O) groups excluding carboxylic acids is 1. The van der Waals surface area contributed by atoms with Gasteiger partial charge in [-0.05, 0) is 49.4 Å². The molecule has 0 unspecified atom stereocenters. The zero-order chi connectivity index (χ0) is 21.7. The first-order valence-electron chi connectivity index (χ1n) is 9.37. The number of hydrogen-bond acceptors (Lipinski definition) is 4. The average Bonchev–Trinajstić information content (AvgIpc) is 2.75. The molecule has 0 spiro atoms. The molecule has 3 rings (SSSR count). The zero-order valence-corrected chi connectivity index (χ0v) is 17.9. The smallest absolute Gasteiger partial charge is 0.255 e. The van der Waals surface area contributed by atoms with Crippen LogP contribution in [-0.4, -0.2) is 32.8 Å². The molecule has 0 aliphatic heterocycles. The molecular formula is C23H24N2O4S. The molecule has 0 radical (unpaired) electrons. The highest BCUT2D eigenvalue weighted by atomic mass is 32.2. The number of sulfonamides is 1. The monoisotopic (exact) mass is 424 g/mol. The molecule has 0 aromatic heterocycles. The van der Waals surface area contributed by atoms with Crippen LogP contribution < -0.4 is 10.1 Å². The molecule has 156 valence electrons. The third kappa shape index (κ3) is 4.87. The van der Waals surface area contributed by atoms with Gasteiger partial charge in [-0.3, -0.25) is 4.79 Å². The number of anilines is 1. The van der Waals surface area contributed by atoms with Crippen LogP contribution in [0.15, 0.2) is 77.7 Å². The Morgan fingerprint density at radius 2 is 1.67 bits per heavy atom. The van der Waals surface area contributed by atoms with E-state index in [1.807, 2.05) is 31.2 Å². The van der Waals surface area contributed by atoms with Crippen LogP contribution in [-0.2, 0) is 16.6 Å². The predicted molar refractivity (Wildman–Crippen MR) is 117 cm³/mol. The lowest BCUT2D eigenvalue weighted by Crippen LogP contribution is -2.27. The third-order valence-corrected chi connectivity index (χ3v) is 6.51. The second kappa shape index (κ2) is 9.11. The SMILES string of the molecule is COc1ccc(C(=O)Nc2ccc(C)cc2)cc1CN(C)S(=O)(=O)c1ccccc1. The van der Waals surface area contributed by atoms with E-state index in [9.17, 15) is 13.2 Å². The maximum absolute atomic E-state index is 12.8. The van der Waals surface area contributed by atoms with Gasteiger partial charge >= 0.3 is 0 Å². The van der Waals surface area contributed by atoms with Gasteiger partial charge in [0.2, 0.25) is 10.0 Å². The molecule has 7 heteroatoms. The fourth-order valence-corrected chi connectivity index (χ4v) is 4.15. The maximum Gasteiger partial charge on any atom is 0.255 e. The van der Waals surface area contributed by atoms with Crippen molar-refractivity contribution < 1.29 is 17.9 Å². The number of methoxy groups -OCH3 is 1. The van der Waals surface area contributed by atoms with E-state index in [1.165, 1.54) is 18.5 Å². The van der Waals surface area contributed by atoms with Crippen LogP contribution in [0.2, 0.25) is 0 Å². The highest BCUT2D eigenvalue weighted by molar-refractivity contribution is 7.89. The number of ether oxygens (including phenoxy) is 1. The summed E-state index contributed by atoms with van der Waals surface area (Å²) in [5, 5.41) is 2.85. The molecule has 1 amide bonds. The molecule has 6 nitrogen and oxygen atoms in total. The fourth-order valence-electron chi connectivity index (χ4n) is 2.98. The first-order chi connectivity index (χ1) is 14.3. The first kappa shape index (κ1) is 21.5. The lowest BCUT2D eigenvalue weighted by Gasteiger charge is -2.19. The van der Waals surface area contributed by atoms with Gasteiger partial charge in [-0.1, -0.05) is 35.9 Å². The van der Waals surface area contributed by atoms with Crippen molar-refractivity contribution in [2.45, 2.75) is 18.4 Å². The Bertz CT molecular complexity index is 1130. The van der Waals surface area contributed by atoms with E-state index in [2.05, 4.69) is 5.32 Å². The number of carbonyl (C=O) groups is 1. The number of nitrogens with one attached hydrogen (secondary N) is 1. The lowest BCUT2D eigenvalue weighted by molar-refractivity contribution is 0.102. The van der Waals surface area contributed by atoms with Crippen LogP contribution >= 0.6 is 0 Å². The zero-order valence-electron chi connectivity index (χ0n) is 17.1. The fraction of sp³-hybridized carbons (Fsp3) is 0.174. The Morgan fingerprint density at radius 3 is 2.30 bits per heavy atom. The summed E-state index contributed by atoms with van der Waals surface area (Å²) in [7, 11) is -0.659. The van der Waals surface area contributed by atoms with E-state index in [1.54, 1.807) is 48.5 Å². The lowest BCUT2D eigenvalue weighted by atomic mass is 10.1. The minimum Gasteiger partial charge on any atom is -0.496 e. The number of aryl methyl sites for hydroxylation is 1. The Morgan fingerprint density at radius 1 is 1.00 bits per heavy atom. The highest BCUT2D eigenvalue weighted by Gasteiger charge is 2.22. The van der Waals surface area contributed by atoms with Crippen molar-refractivity contribution in [1.82, 2.24) is 4.31 Å². The summed E-state index contributed by atoms with van der Waals surface area (Å²) < 4.78 is 32.3. The van der Waals surface area contributed by atoms with Crippen LogP contribution in [0.5, 0.6) is 5.75 Å². The van der Waals surface area contributed by atoms with Gasteiger partial charge in [0.15, 0.2) is 0 Å². The summed E-state index contributed by atoms with van der Waals surface area (Å²) in [6, 6.07) is 20.7. The normalized spacial score (nSPS) is 11.3. The topological polar surface area (TPSA) is 75.7 Å². The average molecular weight is 425 g/mol. The van der Waals surface area contributed by atoms with Gasteiger partial charge in [-0.2, -0.15) is 4.31 Å². The molecule has 0 atom stereocenters. The van der Waals surface area contributed by atoms with Crippen LogP contribution in [0.25, 0.3) is 0 Å². The molecule has 0 saturated carbocycles. The summed E-state index contributed by atoms with van der Waals surface area (Å²) in [5.41, 5.74) is 2.79. The number of benzene rings is 3. The van der Waals surface area contributed by atoms with E-state index in [4.69, 9.17) is 4.74 Å². The van der Waals surface area contributed by atoms with E-state index >= 15 is 0 Å². The van der Waals surface area contributed by atoms with Gasteiger partial charge in [0.1, 0.15) is 5.75 Å². The van der Waals surface area contributed by atoms with Crippen LogP contribution in [0.1, 0.15) is 21.5 Å². The Balaban J connectivity index is 1.84. The van der Waals surface area contributed by atoms with Crippen LogP contribution in [0, 0.1) is 6.92 Å². The van der Waals surface area contributed by atoms with Gasteiger partial charge in [0.25, 0.3) is 5.91 Å². The van der Waals surface area contributed by atoms with Crippen molar-refractivity contribution in [3.05, 3.63) is 89.5 Å².